The van der Waals surface area contributed by atoms with Gasteiger partial charge in [0.2, 0.25) is 18.2 Å². The van der Waals surface area contributed by atoms with Crippen molar-refractivity contribution in [1.82, 2.24) is 20.0 Å². The number of piperidine rings is 1. The van der Waals surface area contributed by atoms with Crippen LogP contribution in [0.1, 0.15) is 118 Å². The molecule has 4 amide bonds. The summed E-state index contributed by atoms with van der Waals surface area (Å²) in [7, 11) is 1.56. The van der Waals surface area contributed by atoms with Crippen LogP contribution in [0.15, 0.2) is 84.9 Å². The minimum atomic E-state index is -0.705. The molecule has 3 atom stereocenters. The summed E-state index contributed by atoms with van der Waals surface area (Å²) in [5, 5.41) is 12.3. The molecule has 0 aromatic heterocycles. The zero-order valence-corrected chi connectivity index (χ0v) is 35.1. The van der Waals surface area contributed by atoms with E-state index < -0.39 is 11.9 Å². The Morgan fingerprint density at radius 3 is 2.25 bits per heavy atom. The van der Waals surface area contributed by atoms with Crippen LogP contribution in [0.5, 0.6) is 11.5 Å². The summed E-state index contributed by atoms with van der Waals surface area (Å²) >= 11 is 0. The highest BCUT2D eigenvalue weighted by atomic mass is 16.5. The molecule has 9 rings (SSSR count). The Morgan fingerprint density at radius 2 is 1.56 bits per heavy atom. The van der Waals surface area contributed by atoms with Gasteiger partial charge in [0.05, 0.1) is 18.7 Å². The molecule has 4 aromatic carbocycles. The molecule has 11 heteroatoms. The number of imide groups is 1. The lowest BCUT2D eigenvalue weighted by Crippen LogP contribution is -2.53. The number of aromatic hydroxyl groups is 1. The molecular formula is C50H56N4O7. The molecule has 11 nitrogen and oxygen atoms in total. The lowest BCUT2D eigenvalue weighted by Gasteiger charge is -2.36. The number of benzene rings is 4. The number of fused-ring (bicyclic) bond motifs is 2. The molecule has 1 saturated carbocycles. The van der Waals surface area contributed by atoms with Crippen molar-refractivity contribution in [2.24, 2.45) is 11.8 Å². The van der Waals surface area contributed by atoms with E-state index in [0.29, 0.717) is 42.3 Å². The van der Waals surface area contributed by atoms with E-state index in [2.05, 4.69) is 65.7 Å². The highest BCUT2D eigenvalue weighted by Crippen LogP contribution is 2.47. The first-order valence-corrected chi connectivity index (χ1v) is 21.8. The summed E-state index contributed by atoms with van der Waals surface area (Å²) in [6.07, 6.45) is 9.32. The van der Waals surface area contributed by atoms with E-state index in [1.165, 1.54) is 52.8 Å². The largest absolute Gasteiger partial charge is 0.508 e. The van der Waals surface area contributed by atoms with Crippen LogP contribution in [0, 0.1) is 11.8 Å². The van der Waals surface area contributed by atoms with Crippen molar-refractivity contribution in [2.45, 2.75) is 95.4 Å². The van der Waals surface area contributed by atoms with Crippen LogP contribution in [0.2, 0.25) is 0 Å². The van der Waals surface area contributed by atoms with Gasteiger partial charge in [0.1, 0.15) is 23.6 Å². The molecule has 0 radical (unpaired) electrons. The summed E-state index contributed by atoms with van der Waals surface area (Å²) in [5.41, 5.74) is 8.00. The number of amides is 4. The van der Waals surface area contributed by atoms with Gasteiger partial charge in [-0.15, -0.1) is 0 Å². The number of phenolic OH excluding ortho intramolecular Hbond substituents is 1. The molecule has 318 valence electrons. The predicted octanol–water partition coefficient (Wildman–Crippen LogP) is 6.99. The molecular weight excluding hydrogens is 769 g/mol. The van der Waals surface area contributed by atoms with E-state index in [1.54, 1.807) is 18.0 Å². The number of likely N-dealkylation sites (tertiary alicyclic amines) is 1. The minimum absolute atomic E-state index is 0.0801. The fourth-order valence-corrected chi connectivity index (χ4v) is 10.1. The number of phenols is 1. The number of aryl methyl sites for hydroxylation is 1. The van der Waals surface area contributed by atoms with Crippen molar-refractivity contribution >= 4 is 30.4 Å². The third-order valence-electron chi connectivity index (χ3n) is 13.6. The third kappa shape index (κ3) is 9.42. The first kappa shape index (κ1) is 41.9. The first-order chi connectivity index (χ1) is 29.6. The molecule has 61 heavy (non-hydrogen) atoms. The number of aldehydes is 1. The van der Waals surface area contributed by atoms with Crippen molar-refractivity contribution in [3.63, 3.8) is 0 Å². The van der Waals surface area contributed by atoms with Crippen LogP contribution >= 0.6 is 0 Å². The van der Waals surface area contributed by atoms with E-state index in [4.69, 9.17) is 4.74 Å². The summed E-state index contributed by atoms with van der Waals surface area (Å²) in [6.45, 7) is 6.27. The summed E-state index contributed by atoms with van der Waals surface area (Å²) < 4.78 is 5.99. The van der Waals surface area contributed by atoms with E-state index in [1.807, 2.05) is 30.3 Å². The number of rotatable bonds is 10. The maximum absolute atomic E-state index is 13.2. The Balaban J connectivity index is 0.000000168. The maximum atomic E-state index is 13.2. The second kappa shape index (κ2) is 18.4. The Kier molecular flexibility index (Phi) is 12.7. The van der Waals surface area contributed by atoms with Crippen molar-refractivity contribution in [3.05, 3.63) is 129 Å². The maximum Gasteiger partial charge on any atom is 0.255 e. The van der Waals surface area contributed by atoms with Gasteiger partial charge < -0.3 is 19.6 Å². The average Bonchev–Trinajstić information content (AvgIpc) is 3.66. The van der Waals surface area contributed by atoms with Gasteiger partial charge in [0.25, 0.3) is 5.91 Å². The normalized spacial score (nSPS) is 23.6. The van der Waals surface area contributed by atoms with Gasteiger partial charge in [0.15, 0.2) is 6.29 Å². The third-order valence-corrected chi connectivity index (χ3v) is 13.6. The molecule has 5 aliphatic rings. The van der Waals surface area contributed by atoms with E-state index >= 15 is 0 Å². The van der Waals surface area contributed by atoms with Gasteiger partial charge in [0, 0.05) is 44.6 Å². The Labute approximate surface area is 358 Å². The molecule has 2 N–H and O–H groups in total. The number of carbonyl (C=O) groups is 5. The van der Waals surface area contributed by atoms with Gasteiger partial charge in [-0.3, -0.25) is 34.2 Å². The highest BCUT2D eigenvalue weighted by Gasteiger charge is 2.35. The smallest absolute Gasteiger partial charge is 0.255 e. The number of ether oxygens (including phenoxy) is 1. The van der Waals surface area contributed by atoms with Crippen LogP contribution in [0.3, 0.4) is 0 Å². The van der Waals surface area contributed by atoms with Gasteiger partial charge in [-0.1, -0.05) is 68.3 Å². The van der Waals surface area contributed by atoms with Crippen molar-refractivity contribution in [1.29, 1.82) is 0 Å². The molecule has 3 heterocycles. The molecule has 3 aliphatic heterocycles. The van der Waals surface area contributed by atoms with Crippen molar-refractivity contribution < 1.29 is 33.8 Å². The molecule has 0 spiro atoms. The second-order valence-electron chi connectivity index (χ2n) is 17.8. The van der Waals surface area contributed by atoms with Gasteiger partial charge in [-0.2, -0.15) is 0 Å². The quantitative estimate of drug-likeness (QED) is 0.129. The Morgan fingerprint density at radius 1 is 0.836 bits per heavy atom. The summed E-state index contributed by atoms with van der Waals surface area (Å²) in [4.78, 5) is 64.7. The lowest BCUT2D eigenvalue weighted by molar-refractivity contribution is -0.136. The fraction of sp³-hybridized carbons (Fsp3) is 0.420. The standard InChI is InChI=1S/C26H25NO3.C24H31N3O4/c28-17-27-15-23(16-27)30-22-10-6-19(7-11-22)26-24(18-4-2-1-3-5-18)12-8-20-14-21(29)9-13-25(20)26;1-15-3-5-16(6-4-15)11-27-12-17-9-19(14-28)20(10-18(17)13-27)24(31)26(2)21-7-8-22(29)25-23(21)30/h1-7,9-11,13-14,17,23-24,26,29H,8,12,15-16H2;9-10,14-16,21H,3-8,11-13H2,1-2H3,(H,25,29,30). The molecule has 2 saturated heterocycles. The SMILES string of the molecule is CC1CCC(CN2Cc3cc(C=O)c(C(=O)N(C)C4CCC(=O)NC4=O)cc3C2)CC1.O=CN1CC(Oc2ccc(C3c4ccc(O)cc4CCC3c3ccccc3)cc2)C1. The second-order valence-corrected chi connectivity index (χ2v) is 17.8. The lowest BCUT2D eigenvalue weighted by atomic mass is 9.69. The van der Waals surface area contributed by atoms with E-state index in [-0.39, 0.29) is 30.3 Å². The van der Waals surface area contributed by atoms with Crippen LogP contribution < -0.4 is 10.1 Å². The van der Waals surface area contributed by atoms with Crippen LogP contribution in [0.25, 0.3) is 0 Å². The average molecular weight is 825 g/mol. The number of nitrogens with zero attached hydrogens (tertiary/aromatic N) is 3. The predicted molar refractivity (Wildman–Crippen MR) is 231 cm³/mol. The zero-order chi connectivity index (χ0) is 42.6. The first-order valence-electron chi connectivity index (χ1n) is 21.8. The van der Waals surface area contributed by atoms with Gasteiger partial charge in [-0.05, 0) is 120 Å². The van der Waals surface area contributed by atoms with Crippen LogP contribution in [-0.4, -0.2) is 89.1 Å². The minimum Gasteiger partial charge on any atom is -0.508 e. The van der Waals surface area contributed by atoms with Crippen molar-refractivity contribution in [2.75, 3.05) is 26.7 Å². The van der Waals surface area contributed by atoms with E-state index in [0.717, 1.165) is 73.9 Å². The molecule has 2 aliphatic carbocycles. The number of likely N-dealkylation sites (N-methyl/N-ethyl adjacent to an activating group) is 1. The summed E-state index contributed by atoms with van der Waals surface area (Å²) in [6, 6.07) is 27.9. The Bertz CT molecular complexity index is 2250. The highest BCUT2D eigenvalue weighted by molar-refractivity contribution is 6.06. The molecule has 4 aromatic rings. The number of carbonyl (C=O) groups excluding carboxylic acids is 5. The van der Waals surface area contributed by atoms with Crippen molar-refractivity contribution in [3.8, 4) is 11.5 Å². The van der Waals surface area contributed by atoms with Crippen LogP contribution in [0.4, 0.5) is 0 Å². The molecule has 0 bridgehead atoms. The van der Waals surface area contributed by atoms with Crippen LogP contribution in [-0.2, 0) is 33.9 Å². The number of hydrogen-bond acceptors (Lipinski definition) is 8. The summed E-state index contributed by atoms with van der Waals surface area (Å²) in [5.74, 6) is 2.20. The number of hydrogen-bond donors (Lipinski definition) is 2. The van der Waals surface area contributed by atoms with Gasteiger partial charge in [-0.25, -0.2) is 0 Å². The topological polar surface area (TPSA) is 137 Å². The number of nitrogens with one attached hydrogen (secondary N) is 1. The fourth-order valence-electron chi connectivity index (χ4n) is 10.1. The van der Waals surface area contributed by atoms with E-state index in [9.17, 15) is 29.1 Å². The monoisotopic (exact) mass is 824 g/mol. The zero-order valence-electron chi connectivity index (χ0n) is 35.1. The Hall–Kier alpha value is -5.81. The molecule has 3 unspecified atom stereocenters. The van der Waals surface area contributed by atoms with Gasteiger partial charge >= 0.3 is 0 Å². The molecule has 3 fully saturated rings.